The first kappa shape index (κ1) is 27.3. The van der Waals surface area contributed by atoms with E-state index in [-0.39, 0.29) is 6.61 Å². The molecule has 1 aliphatic rings. The molecule has 1 aliphatic heterocycles. The molecule has 0 saturated carbocycles. The first-order chi connectivity index (χ1) is 14.1. The summed E-state index contributed by atoms with van der Waals surface area (Å²) in [6.45, 7) is 6.26. The second kappa shape index (κ2) is 21.0. The minimum absolute atomic E-state index is 0.271. The number of carboxylic acid groups (broad SMARTS) is 1. The molecule has 0 aromatic carbocycles. The summed E-state index contributed by atoms with van der Waals surface area (Å²) in [6.07, 6.45) is 25.7. The molecule has 1 unspecified atom stereocenters. The number of allylic oxidation sites excluding steroid dienone is 6. The number of nitrogens with zero attached hydrogens (tertiary/aromatic N) is 1. The maximum atomic E-state index is 9.06. The van der Waals surface area contributed by atoms with Crippen LogP contribution in [0.15, 0.2) is 41.4 Å². The predicted molar refractivity (Wildman–Crippen MR) is 120 cm³/mol. The number of aliphatic imine (C=N–C) groups is 1. The number of aliphatic hydroxyl groups is 1. The van der Waals surface area contributed by atoms with Gasteiger partial charge in [0, 0.05) is 12.4 Å². The van der Waals surface area contributed by atoms with Crippen molar-refractivity contribution in [3.8, 4) is 0 Å². The van der Waals surface area contributed by atoms with Crippen LogP contribution < -0.4 is 10.0 Å². The van der Waals surface area contributed by atoms with Crippen LogP contribution in [0.1, 0.15) is 78.1 Å². The minimum atomic E-state index is -1.08. The van der Waals surface area contributed by atoms with Crippen molar-refractivity contribution in [3.63, 3.8) is 0 Å². The molecule has 0 bridgehead atoms. The summed E-state index contributed by atoms with van der Waals surface area (Å²) in [5.41, 5.74) is 0. The lowest BCUT2D eigenvalue weighted by molar-refractivity contribution is -0.800. The second-order valence-electron chi connectivity index (χ2n) is 7.25. The summed E-state index contributed by atoms with van der Waals surface area (Å²) in [5.74, 6) is 0.218. The van der Waals surface area contributed by atoms with Gasteiger partial charge in [-0.1, -0.05) is 62.6 Å². The average Bonchev–Trinajstić information content (AvgIpc) is 3.12. The summed E-state index contributed by atoms with van der Waals surface area (Å²) in [5, 5.41) is 17.9. The van der Waals surface area contributed by atoms with Gasteiger partial charge in [-0.15, -0.1) is 0 Å². The van der Waals surface area contributed by atoms with Crippen LogP contribution in [-0.2, 0) is 4.79 Å². The van der Waals surface area contributed by atoms with Crippen LogP contribution in [0.25, 0.3) is 0 Å². The Morgan fingerprint density at radius 2 is 1.62 bits per heavy atom. The van der Waals surface area contributed by atoms with Crippen LogP contribution in [0.5, 0.6) is 0 Å². The van der Waals surface area contributed by atoms with Crippen molar-refractivity contribution >= 4 is 11.8 Å². The Morgan fingerprint density at radius 1 is 1.03 bits per heavy atom. The molecule has 0 spiro atoms. The Bertz CT molecular complexity index is 506. The van der Waals surface area contributed by atoms with Crippen molar-refractivity contribution in [1.82, 2.24) is 0 Å². The first-order valence-corrected chi connectivity index (χ1v) is 11.2. The van der Waals surface area contributed by atoms with E-state index in [9.17, 15) is 0 Å². The largest absolute Gasteiger partial charge is 0.550 e. The van der Waals surface area contributed by atoms with Gasteiger partial charge >= 0.3 is 0 Å². The van der Waals surface area contributed by atoms with E-state index in [1.165, 1.54) is 49.3 Å². The van der Waals surface area contributed by atoms with Crippen molar-refractivity contribution in [1.29, 1.82) is 0 Å². The number of amidine groups is 1. The van der Waals surface area contributed by atoms with E-state index < -0.39 is 5.97 Å². The van der Waals surface area contributed by atoms with Gasteiger partial charge in [0.05, 0.1) is 13.2 Å². The summed E-state index contributed by atoms with van der Waals surface area (Å²) in [4.78, 5) is 14.9. The Hall–Kier alpha value is -1.72. The SMILES string of the molecule is CC(=O)[O-].CCC=CCC=CCC=CCCCCCCCC1=NCC[NH+]1CCO. The van der Waals surface area contributed by atoms with E-state index >= 15 is 0 Å². The predicted octanol–water partition coefficient (Wildman–Crippen LogP) is 2.62. The Kier molecular flexibility index (Phi) is 19.8. The van der Waals surface area contributed by atoms with Crippen LogP contribution >= 0.6 is 0 Å². The fraction of sp³-hybridized carbons (Fsp3) is 0.667. The van der Waals surface area contributed by atoms with Crippen LogP contribution in [0.3, 0.4) is 0 Å². The zero-order valence-corrected chi connectivity index (χ0v) is 18.6. The van der Waals surface area contributed by atoms with Gasteiger partial charge < -0.3 is 15.0 Å². The third-order valence-electron chi connectivity index (χ3n) is 4.60. The number of carboxylic acids is 1. The lowest BCUT2D eigenvalue weighted by Crippen LogP contribution is -3.13. The molecular weight excluding hydrogens is 364 g/mol. The summed E-state index contributed by atoms with van der Waals surface area (Å²) in [6, 6.07) is 0. The van der Waals surface area contributed by atoms with Crippen LogP contribution in [0, 0.1) is 0 Å². The van der Waals surface area contributed by atoms with Gasteiger partial charge in [0.1, 0.15) is 13.1 Å². The molecule has 0 aromatic heterocycles. The van der Waals surface area contributed by atoms with Crippen LogP contribution in [0.4, 0.5) is 0 Å². The van der Waals surface area contributed by atoms with Gasteiger partial charge in [0.15, 0.2) is 5.84 Å². The smallest absolute Gasteiger partial charge is 0.196 e. The number of hydrogen-bond acceptors (Lipinski definition) is 4. The van der Waals surface area contributed by atoms with Crippen molar-refractivity contribution in [2.75, 3.05) is 26.2 Å². The average molecular weight is 407 g/mol. The number of quaternary nitrogens is 1. The highest BCUT2D eigenvalue weighted by Crippen LogP contribution is 2.08. The van der Waals surface area contributed by atoms with Crippen LogP contribution in [0.2, 0.25) is 0 Å². The molecule has 166 valence electrons. The summed E-state index contributed by atoms with van der Waals surface area (Å²) in [7, 11) is 0. The Balaban J connectivity index is 0.00000178. The lowest BCUT2D eigenvalue weighted by atomic mass is 10.1. The third kappa shape index (κ3) is 19.4. The van der Waals surface area contributed by atoms with Gasteiger partial charge in [-0.3, -0.25) is 4.90 Å². The number of nitrogens with one attached hydrogen (secondary N) is 1. The van der Waals surface area contributed by atoms with Crippen molar-refractivity contribution in [2.45, 2.75) is 78.1 Å². The molecule has 2 N–H and O–H groups in total. The number of unbranched alkanes of at least 4 members (excludes halogenated alkanes) is 5. The van der Waals surface area contributed by atoms with E-state index in [2.05, 4.69) is 48.4 Å². The normalized spacial score (nSPS) is 16.5. The molecule has 0 aromatic rings. The van der Waals surface area contributed by atoms with Gasteiger partial charge in [-0.2, -0.15) is 0 Å². The highest BCUT2D eigenvalue weighted by molar-refractivity contribution is 5.74. The number of carbonyl (C=O) groups is 1. The van der Waals surface area contributed by atoms with Gasteiger partial charge in [0.25, 0.3) is 0 Å². The van der Waals surface area contributed by atoms with Crippen LogP contribution in [-0.4, -0.2) is 43.2 Å². The molecule has 5 heteroatoms. The molecule has 5 nitrogen and oxygen atoms in total. The van der Waals surface area contributed by atoms with Crippen molar-refractivity contribution in [3.05, 3.63) is 36.5 Å². The molecule has 29 heavy (non-hydrogen) atoms. The van der Waals surface area contributed by atoms with E-state index in [4.69, 9.17) is 15.0 Å². The zero-order chi connectivity index (χ0) is 21.6. The highest BCUT2D eigenvalue weighted by Gasteiger charge is 2.20. The van der Waals surface area contributed by atoms with Gasteiger partial charge in [-0.25, -0.2) is 4.99 Å². The number of rotatable bonds is 15. The second-order valence-corrected chi connectivity index (χ2v) is 7.25. The summed E-state index contributed by atoms with van der Waals surface area (Å²) < 4.78 is 0. The van der Waals surface area contributed by atoms with E-state index in [1.54, 1.807) is 0 Å². The minimum Gasteiger partial charge on any atom is -0.550 e. The molecular formula is C24H42N2O3. The quantitative estimate of drug-likeness (QED) is 0.324. The van der Waals surface area contributed by atoms with Crippen molar-refractivity contribution < 1.29 is 19.9 Å². The number of aliphatic hydroxyl groups excluding tert-OH is 1. The molecule has 1 atom stereocenters. The molecule has 0 saturated heterocycles. The van der Waals surface area contributed by atoms with E-state index in [0.29, 0.717) is 0 Å². The molecule has 1 rings (SSSR count). The number of carbonyl (C=O) groups excluding carboxylic acids is 1. The molecule has 0 fully saturated rings. The number of hydrogen-bond donors (Lipinski definition) is 2. The highest BCUT2D eigenvalue weighted by atomic mass is 16.4. The maximum absolute atomic E-state index is 9.06. The third-order valence-corrected chi connectivity index (χ3v) is 4.60. The molecule has 0 aliphatic carbocycles. The number of aliphatic carboxylic acids is 1. The van der Waals surface area contributed by atoms with E-state index in [1.807, 2.05) is 0 Å². The zero-order valence-electron chi connectivity index (χ0n) is 18.6. The Morgan fingerprint density at radius 3 is 2.28 bits per heavy atom. The van der Waals surface area contributed by atoms with Gasteiger partial charge in [-0.05, 0) is 45.4 Å². The first-order valence-electron chi connectivity index (χ1n) is 11.2. The standard InChI is InChI=1S/C22H38N2O.C2H4O2/c1-2-3-4-5-6-7-8-9-10-11-12-13-14-15-16-17-22-23-18-19-24(22)20-21-25;1-2(3)4/h3-4,6-7,9-10,25H,2,5,8,11-21H2,1H3;1H3,(H,3,4). The van der Waals surface area contributed by atoms with Gasteiger partial charge in [0.2, 0.25) is 0 Å². The molecule has 0 radical (unpaired) electrons. The summed E-state index contributed by atoms with van der Waals surface area (Å²) >= 11 is 0. The fourth-order valence-corrected chi connectivity index (χ4v) is 3.15. The Labute approximate surface area is 177 Å². The van der Waals surface area contributed by atoms with E-state index in [0.717, 1.165) is 52.2 Å². The molecule has 0 amide bonds. The van der Waals surface area contributed by atoms with Crippen molar-refractivity contribution in [2.24, 2.45) is 4.99 Å². The monoisotopic (exact) mass is 406 g/mol. The molecule has 1 heterocycles. The maximum Gasteiger partial charge on any atom is 0.196 e. The lowest BCUT2D eigenvalue weighted by Gasteiger charge is -2.12. The fourth-order valence-electron chi connectivity index (χ4n) is 3.15. The topological polar surface area (TPSA) is 77.2 Å².